The largest absolute Gasteiger partial charge is 0.355 e. The SMILES string of the molecule is CN=C(NCc1ccc(C(=O)NC)cc1)N(C)Cc1cccn1C.I. The van der Waals surface area contributed by atoms with Crippen molar-refractivity contribution >= 4 is 35.8 Å². The van der Waals surface area contributed by atoms with Gasteiger partial charge in [0.25, 0.3) is 5.91 Å². The summed E-state index contributed by atoms with van der Waals surface area (Å²) in [5.74, 6) is 0.749. The van der Waals surface area contributed by atoms with E-state index in [4.69, 9.17) is 0 Å². The van der Waals surface area contributed by atoms with Crippen LogP contribution in [0, 0.1) is 0 Å². The van der Waals surface area contributed by atoms with E-state index in [0.29, 0.717) is 12.1 Å². The van der Waals surface area contributed by atoms with E-state index in [1.54, 1.807) is 14.1 Å². The number of aliphatic imine (C=N–C) groups is 1. The maximum absolute atomic E-state index is 11.6. The van der Waals surface area contributed by atoms with E-state index >= 15 is 0 Å². The highest BCUT2D eigenvalue weighted by Crippen LogP contribution is 2.06. The van der Waals surface area contributed by atoms with Crippen molar-refractivity contribution in [3.05, 3.63) is 59.4 Å². The van der Waals surface area contributed by atoms with E-state index in [-0.39, 0.29) is 29.9 Å². The Morgan fingerprint density at radius 2 is 1.92 bits per heavy atom. The molecule has 0 saturated heterocycles. The summed E-state index contributed by atoms with van der Waals surface area (Å²) in [5.41, 5.74) is 2.97. The number of carbonyl (C=O) groups excluding carboxylic acids is 1. The second-order valence-corrected chi connectivity index (χ2v) is 5.64. The van der Waals surface area contributed by atoms with Gasteiger partial charge in [0.05, 0.1) is 6.54 Å². The number of aromatic nitrogens is 1. The molecule has 136 valence electrons. The van der Waals surface area contributed by atoms with Crippen LogP contribution < -0.4 is 10.6 Å². The summed E-state index contributed by atoms with van der Waals surface area (Å²) < 4.78 is 2.10. The first kappa shape index (κ1) is 21.0. The number of aryl methyl sites for hydroxylation is 1. The summed E-state index contributed by atoms with van der Waals surface area (Å²) in [6.45, 7) is 1.43. The lowest BCUT2D eigenvalue weighted by Gasteiger charge is -2.22. The van der Waals surface area contributed by atoms with Gasteiger partial charge in [0, 0.05) is 52.2 Å². The van der Waals surface area contributed by atoms with Crippen LogP contribution in [0.2, 0.25) is 0 Å². The van der Waals surface area contributed by atoms with Crippen LogP contribution >= 0.6 is 24.0 Å². The quantitative estimate of drug-likeness (QED) is 0.413. The van der Waals surface area contributed by atoms with Crippen LogP contribution in [-0.2, 0) is 20.1 Å². The van der Waals surface area contributed by atoms with Gasteiger partial charge in [0.1, 0.15) is 0 Å². The van der Waals surface area contributed by atoms with Gasteiger partial charge in [-0.2, -0.15) is 0 Å². The monoisotopic (exact) mass is 455 g/mol. The van der Waals surface area contributed by atoms with Gasteiger partial charge in [-0.1, -0.05) is 12.1 Å². The highest BCUT2D eigenvalue weighted by atomic mass is 127. The second kappa shape index (κ2) is 10.1. The third-order valence-electron chi connectivity index (χ3n) is 3.92. The number of halogens is 1. The molecule has 7 heteroatoms. The standard InChI is InChI=1S/C18H25N5O.HI/c1-19-17(24)15-9-7-14(8-10-15)12-21-18(20-2)23(4)13-16-6-5-11-22(16)3;/h5-11H,12-13H2,1-4H3,(H,19,24)(H,20,21);1H. The molecule has 1 heterocycles. The van der Waals surface area contributed by atoms with Crippen LogP contribution in [0.4, 0.5) is 0 Å². The van der Waals surface area contributed by atoms with Gasteiger partial charge in [-0.3, -0.25) is 9.79 Å². The molecule has 0 aliphatic heterocycles. The zero-order valence-electron chi connectivity index (χ0n) is 15.1. The Balaban J connectivity index is 0.00000312. The molecule has 0 fully saturated rings. The Morgan fingerprint density at radius 1 is 1.24 bits per heavy atom. The highest BCUT2D eigenvalue weighted by Gasteiger charge is 2.08. The Hall–Kier alpha value is -2.03. The van der Waals surface area contributed by atoms with Crippen LogP contribution in [-0.4, -0.2) is 42.5 Å². The molecule has 2 N–H and O–H groups in total. The van der Waals surface area contributed by atoms with Crippen molar-refractivity contribution in [1.29, 1.82) is 0 Å². The lowest BCUT2D eigenvalue weighted by molar-refractivity contribution is 0.0963. The van der Waals surface area contributed by atoms with Gasteiger partial charge in [-0.15, -0.1) is 24.0 Å². The summed E-state index contributed by atoms with van der Waals surface area (Å²) in [6.07, 6.45) is 2.04. The van der Waals surface area contributed by atoms with Crippen molar-refractivity contribution in [2.45, 2.75) is 13.1 Å². The van der Waals surface area contributed by atoms with E-state index in [1.165, 1.54) is 5.69 Å². The molecule has 2 aromatic rings. The Bertz CT molecular complexity index is 709. The first-order chi connectivity index (χ1) is 11.5. The molecule has 0 saturated carbocycles. The Morgan fingerprint density at radius 3 is 2.44 bits per heavy atom. The van der Waals surface area contributed by atoms with Crippen LogP contribution in [0.1, 0.15) is 21.6 Å². The Kier molecular flexibility index (Phi) is 8.47. The van der Waals surface area contributed by atoms with Crippen LogP contribution in [0.25, 0.3) is 0 Å². The fourth-order valence-corrected chi connectivity index (χ4v) is 2.46. The fourth-order valence-electron chi connectivity index (χ4n) is 2.46. The third-order valence-corrected chi connectivity index (χ3v) is 3.92. The average Bonchev–Trinajstić information content (AvgIpc) is 3.00. The molecular weight excluding hydrogens is 429 g/mol. The predicted molar refractivity (Wildman–Crippen MR) is 112 cm³/mol. The maximum atomic E-state index is 11.6. The summed E-state index contributed by atoms with van der Waals surface area (Å²) in [4.78, 5) is 18.0. The molecule has 0 aliphatic rings. The molecular formula is C18H26IN5O. The van der Waals surface area contributed by atoms with Crippen LogP contribution in [0.15, 0.2) is 47.6 Å². The minimum absolute atomic E-state index is 0. The predicted octanol–water partition coefficient (Wildman–Crippen LogP) is 2.21. The van der Waals surface area contributed by atoms with E-state index < -0.39 is 0 Å². The summed E-state index contributed by atoms with van der Waals surface area (Å²) in [6, 6.07) is 11.7. The van der Waals surface area contributed by atoms with E-state index in [0.717, 1.165) is 18.1 Å². The molecule has 0 radical (unpaired) electrons. The molecule has 1 amide bonds. The molecule has 0 aliphatic carbocycles. The van der Waals surface area contributed by atoms with Crippen molar-refractivity contribution in [3.63, 3.8) is 0 Å². The zero-order chi connectivity index (χ0) is 17.5. The first-order valence-corrected chi connectivity index (χ1v) is 7.88. The number of amides is 1. The van der Waals surface area contributed by atoms with E-state index in [1.807, 2.05) is 50.6 Å². The normalized spacial score (nSPS) is 10.8. The van der Waals surface area contributed by atoms with Crippen LogP contribution in [0.3, 0.4) is 0 Å². The van der Waals surface area contributed by atoms with E-state index in [2.05, 4.69) is 31.2 Å². The van der Waals surface area contributed by atoms with Crippen molar-refractivity contribution < 1.29 is 4.79 Å². The van der Waals surface area contributed by atoms with Crippen LogP contribution in [0.5, 0.6) is 0 Å². The van der Waals surface area contributed by atoms with Gasteiger partial charge < -0.3 is 20.1 Å². The summed E-state index contributed by atoms with van der Waals surface area (Å²) >= 11 is 0. The Labute approximate surface area is 166 Å². The van der Waals surface area contributed by atoms with Gasteiger partial charge >= 0.3 is 0 Å². The number of hydrogen-bond donors (Lipinski definition) is 2. The number of hydrogen-bond acceptors (Lipinski definition) is 2. The molecule has 0 unspecified atom stereocenters. The van der Waals surface area contributed by atoms with Crippen molar-refractivity contribution in [2.75, 3.05) is 21.1 Å². The average molecular weight is 455 g/mol. The number of nitrogens with zero attached hydrogens (tertiary/aromatic N) is 3. The molecule has 0 spiro atoms. The highest BCUT2D eigenvalue weighted by molar-refractivity contribution is 14.0. The molecule has 0 bridgehead atoms. The zero-order valence-corrected chi connectivity index (χ0v) is 17.4. The van der Waals surface area contributed by atoms with Crippen molar-refractivity contribution in [3.8, 4) is 0 Å². The maximum Gasteiger partial charge on any atom is 0.251 e. The lowest BCUT2D eigenvalue weighted by atomic mass is 10.1. The third kappa shape index (κ3) is 5.77. The summed E-state index contributed by atoms with van der Waals surface area (Å²) in [5, 5.41) is 5.96. The minimum atomic E-state index is -0.0763. The summed E-state index contributed by atoms with van der Waals surface area (Å²) in [7, 11) is 7.45. The number of benzene rings is 1. The minimum Gasteiger partial charge on any atom is -0.355 e. The van der Waals surface area contributed by atoms with Crippen molar-refractivity contribution in [2.24, 2.45) is 12.0 Å². The molecule has 2 rings (SSSR count). The smallest absolute Gasteiger partial charge is 0.251 e. The first-order valence-electron chi connectivity index (χ1n) is 7.88. The number of nitrogens with one attached hydrogen (secondary N) is 2. The number of carbonyl (C=O) groups is 1. The van der Waals surface area contributed by atoms with Gasteiger partial charge in [-0.05, 0) is 29.8 Å². The van der Waals surface area contributed by atoms with Gasteiger partial charge in [0.15, 0.2) is 5.96 Å². The fraction of sp³-hybridized carbons (Fsp3) is 0.333. The molecule has 1 aromatic carbocycles. The topological polar surface area (TPSA) is 61.7 Å². The van der Waals surface area contributed by atoms with Gasteiger partial charge in [-0.25, -0.2) is 0 Å². The number of rotatable bonds is 5. The molecule has 1 aromatic heterocycles. The van der Waals surface area contributed by atoms with Crippen molar-refractivity contribution in [1.82, 2.24) is 20.1 Å². The number of guanidine groups is 1. The molecule has 25 heavy (non-hydrogen) atoms. The lowest BCUT2D eigenvalue weighted by Crippen LogP contribution is -2.38. The van der Waals surface area contributed by atoms with Gasteiger partial charge in [0.2, 0.25) is 0 Å². The molecule has 0 atom stereocenters. The molecule has 6 nitrogen and oxygen atoms in total. The van der Waals surface area contributed by atoms with E-state index in [9.17, 15) is 4.79 Å². The second-order valence-electron chi connectivity index (χ2n) is 5.64.